The molecule has 0 fully saturated rings. The summed E-state index contributed by atoms with van der Waals surface area (Å²) < 4.78 is 1.31. The largest absolute Gasteiger partial charge is 0.368 e. The van der Waals surface area contributed by atoms with Crippen molar-refractivity contribution in [3.05, 3.63) is 57.9 Å². The van der Waals surface area contributed by atoms with Crippen LogP contribution in [-0.4, -0.2) is 20.5 Å². The van der Waals surface area contributed by atoms with Gasteiger partial charge in [-0.05, 0) is 18.2 Å². The van der Waals surface area contributed by atoms with Gasteiger partial charge in [0.1, 0.15) is 0 Å². The lowest BCUT2D eigenvalue weighted by atomic mass is 10.1. The Hall–Kier alpha value is -2.67. The molecule has 0 unspecified atom stereocenters. The van der Waals surface area contributed by atoms with E-state index in [1.807, 2.05) is 0 Å². The number of nitrogens with one attached hydrogen (secondary N) is 1. The third kappa shape index (κ3) is 1.67. The Kier molecular flexibility index (Phi) is 2.36. The molecule has 1 aromatic carbocycles. The fourth-order valence-electron chi connectivity index (χ4n) is 2.10. The predicted octanol–water partition coefficient (Wildman–Crippen LogP) is 1.50. The van der Waals surface area contributed by atoms with Crippen molar-refractivity contribution in [1.29, 1.82) is 0 Å². The van der Waals surface area contributed by atoms with Crippen LogP contribution in [0.25, 0.3) is 0 Å². The van der Waals surface area contributed by atoms with Crippen molar-refractivity contribution in [2.75, 3.05) is 5.32 Å². The molecule has 96 valence electrons. The second-order valence-electron chi connectivity index (χ2n) is 4.14. The molecule has 0 radical (unpaired) electrons. The van der Waals surface area contributed by atoms with Crippen LogP contribution in [0.4, 0.5) is 11.4 Å². The summed E-state index contributed by atoms with van der Waals surface area (Å²) in [6.07, 6.45) is 0.446. The third-order valence-electron chi connectivity index (χ3n) is 3.02. The lowest BCUT2D eigenvalue weighted by Crippen LogP contribution is -2.14. The second kappa shape index (κ2) is 3.92. The molecule has 3 rings (SSSR count). The van der Waals surface area contributed by atoms with Crippen LogP contribution in [0, 0.1) is 10.1 Å². The molecule has 0 aliphatic carbocycles. The first-order chi connectivity index (χ1) is 9.08. The standard InChI is InChI=1S/C12H9N3O4/c16-11-10-2-1-5-14(10)12(17)8-4-3-7(15(18)19)6-9(8)13-11/h1-6,11,13,16H/t11-/m1/s1. The Bertz CT molecular complexity index is 692. The minimum Gasteiger partial charge on any atom is -0.368 e. The van der Waals surface area contributed by atoms with Crippen LogP contribution in [0.15, 0.2) is 36.5 Å². The zero-order valence-electron chi connectivity index (χ0n) is 9.61. The van der Waals surface area contributed by atoms with Gasteiger partial charge in [0.15, 0.2) is 6.23 Å². The van der Waals surface area contributed by atoms with Crippen molar-refractivity contribution in [3.63, 3.8) is 0 Å². The average Bonchev–Trinajstić information content (AvgIpc) is 2.83. The molecular formula is C12H9N3O4. The van der Waals surface area contributed by atoms with Crippen LogP contribution >= 0.6 is 0 Å². The number of anilines is 1. The highest BCUT2D eigenvalue weighted by atomic mass is 16.6. The Morgan fingerprint density at radius 1 is 1.37 bits per heavy atom. The highest BCUT2D eigenvalue weighted by Gasteiger charge is 2.26. The fraction of sp³-hybridized carbons (Fsp3) is 0.0833. The van der Waals surface area contributed by atoms with Crippen LogP contribution in [-0.2, 0) is 0 Å². The number of hydrogen-bond acceptors (Lipinski definition) is 5. The number of aromatic nitrogens is 1. The van der Waals surface area contributed by atoms with Crippen LogP contribution in [0.5, 0.6) is 0 Å². The van der Waals surface area contributed by atoms with Crippen molar-refractivity contribution in [2.24, 2.45) is 0 Å². The highest BCUT2D eigenvalue weighted by Crippen LogP contribution is 2.30. The van der Waals surface area contributed by atoms with Gasteiger partial charge in [0, 0.05) is 18.3 Å². The SMILES string of the molecule is O=C1c2ccc([N+](=O)[O-])cc2N[C@H](O)c2cccn21. The Labute approximate surface area is 107 Å². The number of hydrogen-bond donors (Lipinski definition) is 2. The number of benzene rings is 1. The van der Waals surface area contributed by atoms with Crippen LogP contribution in [0.3, 0.4) is 0 Å². The Morgan fingerprint density at radius 3 is 2.89 bits per heavy atom. The molecular weight excluding hydrogens is 250 g/mol. The normalized spacial score (nSPS) is 17.1. The van der Waals surface area contributed by atoms with Gasteiger partial charge in [-0.15, -0.1) is 0 Å². The molecule has 2 N–H and O–H groups in total. The first-order valence-corrected chi connectivity index (χ1v) is 5.53. The summed E-state index contributed by atoms with van der Waals surface area (Å²) in [6, 6.07) is 7.14. The zero-order chi connectivity index (χ0) is 13.6. The second-order valence-corrected chi connectivity index (χ2v) is 4.14. The minimum absolute atomic E-state index is 0.141. The van der Waals surface area contributed by atoms with E-state index in [9.17, 15) is 20.0 Å². The number of aliphatic hydroxyl groups is 1. The van der Waals surface area contributed by atoms with Gasteiger partial charge in [0.25, 0.3) is 11.6 Å². The summed E-state index contributed by atoms with van der Waals surface area (Å²) in [5.74, 6) is -0.339. The number of fused-ring (bicyclic) bond motifs is 2. The molecule has 2 aromatic rings. The molecule has 1 aromatic heterocycles. The maximum Gasteiger partial charge on any atom is 0.271 e. The van der Waals surface area contributed by atoms with Crippen molar-refractivity contribution < 1.29 is 14.8 Å². The monoisotopic (exact) mass is 259 g/mol. The molecule has 0 saturated heterocycles. The molecule has 0 amide bonds. The molecule has 19 heavy (non-hydrogen) atoms. The van der Waals surface area contributed by atoms with Gasteiger partial charge in [0.05, 0.1) is 21.9 Å². The first-order valence-electron chi connectivity index (χ1n) is 5.53. The topological polar surface area (TPSA) is 97.4 Å². The van der Waals surface area contributed by atoms with Crippen molar-refractivity contribution in [1.82, 2.24) is 4.57 Å². The van der Waals surface area contributed by atoms with Crippen LogP contribution in [0.1, 0.15) is 22.3 Å². The lowest BCUT2D eigenvalue weighted by Gasteiger charge is -2.11. The summed E-state index contributed by atoms with van der Waals surface area (Å²) in [6.45, 7) is 0. The zero-order valence-corrected chi connectivity index (χ0v) is 9.61. The Balaban J connectivity index is 2.18. The van der Waals surface area contributed by atoms with Gasteiger partial charge in [0.2, 0.25) is 0 Å². The smallest absolute Gasteiger partial charge is 0.271 e. The highest BCUT2D eigenvalue weighted by molar-refractivity contribution is 6.02. The number of non-ortho nitro benzene ring substituents is 1. The Morgan fingerprint density at radius 2 is 2.16 bits per heavy atom. The molecule has 7 heteroatoms. The van der Waals surface area contributed by atoms with Gasteiger partial charge >= 0.3 is 0 Å². The van der Waals surface area contributed by atoms with E-state index >= 15 is 0 Å². The molecule has 1 aliphatic rings. The summed E-state index contributed by atoms with van der Waals surface area (Å²) in [4.78, 5) is 22.4. The molecule has 2 heterocycles. The number of carbonyl (C=O) groups excluding carboxylic acids is 1. The lowest BCUT2D eigenvalue weighted by molar-refractivity contribution is -0.384. The first kappa shape index (κ1) is 11.4. The van der Waals surface area contributed by atoms with Gasteiger partial charge in [-0.2, -0.15) is 0 Å². The van der Waals surface area contributed by atoms with Gasteiger partial charge in [-0.1, -0.05) is 0 Å². The summed E-state index contributed by atoms with van der Waals surface area (Å²) >= 11 is 0. The molecule has 0 spiro atoms. The third-order valence-corrected chi connectivity index (χ3v) is 3.02. The van der Waals surface area contributed by atoms with E-state index in [1.165, 1.54) is 22.8 Å². The van der Waals surface area contributed by atoms with Crippen LogP contribution in [0.2, 0.25) is 0 Å². The fourth-order valence-corrected chi connectivity index (χ4v) is 2.10. The molecule has 1 atom stereocenters. The van der Waals surface area contributed by atoms with E-state index in [2.05, 4.69) is 5.32 Å². The summed E-state index contributed by atoms with van der Waals surface area (Å²) in [7, 11) is 0. The van der Waals surface area contributed by atoms with Crippen molar-refractivity contribution in [3.8, 4) is 0 Å². The van der Waals surface area contributed by atoms with Gasteiger partial charge < -0.3 is 10.4 Å². The number of nitro benzene ring substituents is 1. The maximum absolute atomic E-state index is 12.3. The quantitative estimate of drug-likeness (QED) is 0.597. The molecule has 0 bridgehead atoms. The van der Waals surface area contributed by atoms with Crippen LogP contribution < -0.4 is 5.32 Å². The van der Waals surface area contributed by atoms with Crippen molar-refractivity contribution >= 4 is 17.3 Å². The van der Waals surface area contributed by atoms with E-state index in [0.29, 0.717) is 5.69 Å². The van der Waals surface area contributed by atoms with Crippen molar-refractivity contribution in [2.45, 2.75) is 6.23 Å². The summed E-state index contributed by atoms with van der Waals surface area (Å²) in [5.41, 5.74) is 0.775. The van der Waals surface area contributed by atoms with E-state index in [4.69, 9.17) is 0 Å². The molecule has 7 nitrogen and oxygen atoms in total. The molecule has 1 aliphatic heterocycles. The minimum atomic E-state index is -1.10. The summed E-state index contributed by atoms with van der Waals surface area (Å²) in [5, 5.41) is 23.4. The van der Waals surface area contributed by atoms with Gasteiger partial charge in [-0.25, -0.2) is 0 Å². The average molecular weight is 259 g/mol. The van der Waals surface area contributed by atoms with E-state index in [0.717, 1.165) is 0 Å². The number of aliphatic hydroxyl groups excluding tert-OH is 1. The van der Waals surface area contributed by atoms with E-state index in [1.54, 1.807) is 18.3 Å². The number of carbonyl (C=O) groups is 1. The maximum atomic E-state index is 12.3. The number of nitrogens with zero attached hydrogens (tertiary/aromatic N) is 2. The predicted molar refractivity (Wildman–Crippen MR) is 65.8 cm³/mol. The number of rotatable bonds is 1. The van der Waals surface area contributed by atoms with E-state index in [-0.39, 0.29) is 22.8 Å². The number of nitro groups is 1. The van der Waals surface area contributed by atoms with Gasteiger partial charge in [-0.3, -0.25) is 19.5 Å². The van der Waals surface area contributed by atoms with E-state index < -0.39 is 11.2 Å². The molecule has 0 saturated carbocycles.